The number of benzene rings is 2. The molecule has 0 unspecified atom stereocenters. The summed E-state index contributed by atoms with van der Waals surface area (Å²) in [7, 11) is 1.52. The highest BCUT2D eigenvalue weighted by atomic mass is 16.7. The second-order valence-electron chi connectivity index (χ2n) is 7.26. The Morgan fingerprint density at radius 3 is 2.23 bits per heavy atom. The molecule has 0 aliphatic carbocycles. The van der Waals surface area contributed by atoms with E-state index in [2.05, 4.69) is 0 Å². The molecule has 8 nitrogen and oxygen atoms in total. The molecule has 0 bridgehead atoms. The number of methoxy groups -OCH3 is 1. The van der Waals surface area contributed by atoms with Crippen molar-refractivity contribution in [1.29, 1.82) is 0 Å². The topological polar surface area (TPSA) is 129 Å². The van der Waals surface area contributed by atoms with Crippen LogP contribution in [0.3, 0.4) is 0 Å². The van der Waals surface area contributed by atoms with Crippen molar-refractivity contribution < 1.29 is 39.7 Å². The molecule has 164 valence electrons. The lowest BCUT2D eigenvalue weighted by molar-refractivity contribution is -0.277. The fraction of sp³-hybridized carbons (Fsp3) is 0.455. The van der Waals surface area contributed by atoms with Crippen molar-refractivity contribution in [3.63, 3.8) is 0 Å². The second-order valence-corrected chi connectivity index (χ2v) is 7.26. The van der Waals surface area contributed by atoms with Gasteiger partial charge in [0, 0.05) is 19.1 Å². The van der Waals surface area contributed by atoms with E-state index in [9.17, 15) is 20.4 Å². The Bertz CT molecular complexity index is 807. The van der Waals surface area contributed by atoms with Gasteiger partial charge < -0.3 is 39.7 Å². The maximum Gasteiger partial charge on any atom is 0.229 e. The Kier molecular flexibility index (Phi) is 7.65. The summed E-state index contributed by atoms with van der Waals surface area (Å²) in [5, 5.41) is 48.7. The number of ether oxygens (including phenoxy) is 3. The van der Waals surface area contributed by atoms with Gasteiger partial charge in [-0.3, -0.25) is 0 Å². The van der Waals surface area contributed by atoms with Gasteiger partial charge in [0.05, 0.1) is 13.7 Å². The fourth-order valence-corrected chi connectivity index (χ4v) is 3.38. The van der Waals surface area contributed by atoms with Crippen LogP contribution in [0.15, 0.2) is 42.5 Å². The average molecular weight is 420 g/mol. The van der Waals surface area contributed by atoms with Gasteiger partial charge in [0.25, 0.3) is 0 Å². The van der Waals surface area contributed by atoms with Gasteiger partial charge in [-0.1, -0.05) is 30.3 Å². The first-order valence-electron chi connectivity index (χ1n) is 9.79. The van der Waals surface area contributed by atoms with Crippen LogP contribution >= 0.6 is 0 Å². The maximum atomic E-state index is 10.3. The molecule has 5 N–H and O–H groups in total. The third kappa shape index (κ3) is 5.10. The van der Waals surface area contributed by atoms with Crippen molar-refractivity contribution in [2.24, 2.45) is 0 Å². The van der Waals surface area contributed by atoms with Gasteiger partial charge in [-0.15, -0.1) is 0 Å². The quantitative estimate of drug-likeness (QED) is 0.404. The van der Waals surface area contributed by atoms with Crippen molar-refractivity contribution in [2.45, 2.75) is 43.5 Å². The van der Waals surface area contributed by atoms with Crippen LogP contribution in [0, 0.1) is 0 Å². The predicted octanol–water partition coefficient (Wildman–Crippen LogP) is -0.000500. The highest BCUT2D eigenvalue weighted by Gasteiger charge is 2.44. The normalized spacial score (nSPS) is 26.4. The van der Waals surface area contributed by atoms with Crippen LogP contribution in [0.1, 0.15) is 16.7 Å². The summed E-state index contributed by atoms with van der Waals surface area (Å²) in [4.78, 5) is 0. The minimum Gasteiger partial charge on any atom is -0.497 e. The standard InChI is InChI=1S/C22H28O8/c1-28-16-7-6-15(10-14-4-2-13(3-5-14)8-9-23)17(11-16)29-22-21(27)20(26)19(25)18(12-24)30-22/h2-7,11,18-27H,8-10,12H2,1H3/t18-,19-,20+,21-,22+/m1/s1. The van der Waals surface area contributed by atoms with E-state index in [1.165, 1.54) is 7.11 Å². The Balaban J connectivity index is 1.82. The van der Waals surface area contributed by atoms with Crippen LogP contribution in [0.2, 0.25) is 0 Å². The third-order valence-corrected chi connectivity index (χ3v) is 5.18. The fourth-order valence-electron chi connectivity index (χ4n) is 3.38. The van der Waals surface area contributed by atoms with Gasteiger partial charge >= 0.3 is 0 Å². The zero-order valence-electron chi connectivity index (χ0n) is 16.7. The average Bonchev–Trinajstić information content (AvgIpc) is 2.76. The van der Waals surface area contributed by atoms with Crippen molar-refractivity contribution in [3.8, 4) is 11.5 Å². The first kappa shape index (κ1) is 22.5. The van der Waals surface area contributed by atoms with E-state index >= 15 is 0 Å². The van der Waals surface area contributed by atoms with Crippen LogP contribution < -0.4 is 9.47 Å². The van der Waals surface area contributed by atoms with E-state index < -0.39 is 37.3 Å². The number of aliphatic hydroxyl groups excluding tert-OH is 5. The molecule has 5 atom stereocenters. The van der Waals surface area contributed by atoms with Crippen LogP contribution in [0.4, 0.5) is 0 Å². The zero-order valence-corrected chi connectivity index (χ0v) is 16.7. The second kappa shape index (κ2) is 10.2. The number of hydrogen-bond donors (Lipinski definition) is 5. The molecule has 2 aromatic rings. The summed E-state index contributed by atoms with van der Waals surface area (Å²) in [6.45, 7) is -0.440. The molecule has 0 amide bonds. The van der Waals surface area contributed by atoms with Gasteiger partial charge in [0.2, 0.25) is 6.29 Å². The number of hydrogen-bond acceptors (Lipinski definition) is 8. The Morgan fingerprint density at radius 2 is 1.60 bits per heavy atom. The van der Waals surface area contributed by atoms with Gasteiger partial charge in [-0.25, -0.2) is 0 Å². The van der Waals surface area contributed by atoms with Gasteiger partial charge in [-0.05, 0) is 29.2 Å². The number of aliphatic hydroxyl groups is 5. The van der Waals surface area contributed by atoms with Gasteiger partial charge in [0.15, 0.2) is 0 Å². The largest absolute Gasteiger partial charge is 0.497 e. The molecule has 1 heterocycles. The van der Waals surface area contributed by atoms with Gasteiger partial charge in [-0.2, -0.15) is 0 Å². The van der Waals surface area contributed by atoms with E-state index in [4.69, 9.17) is 19.3 Å². The van der Waals surface area contributed by atoms with E-state index in [0.29, 0.717) is 24.3 Å². The maximum absolute atomic E-state index is 10.3. The van der Waals surface area contributed by atoms with E-state index in [-0.39, 0.29) is 6.61 Å². The first-order valence-corrected chi connectivity index (χ1v) is 9.79. The predicted molar refractivity (Wildman–Crippen MR) is 107 cm³/mol. The molecule has 30 heavy (non-hydrogen) atoms. The third-order valence-electron chi connectivity index (χ3n) is 5.18. The molecular weight excluding hydrogens is 392 g/mol. The van der Waals surface area contributed by atoms with E-state index in [1.807, 2.05) is 30.3 Å². The van der Waals surface area contributed by atoms with Crippen LogP contribution in [-0.4, -0.2) is 76.6 Å². The molecule has 1 saturated heterocycles. The number of rotatable bonds is 8. The molecule has 0 spiro atoms. The summed E-state index contributed by atoms with van der Waals surface area (Å²) >= 11 is 0. The Labute approximate surface area is 174 Å². The molecule has 1 aliphatic rings. The smallest absolute Gasteiger partial charge is 0.229 e. The molecule has 0 saturated carbocycles. The lowest BCUT2D eigenvalue weighted by atomic mass is 9.99. The van der Waals surface area contributed by atoms with Crippen LogP contribution in [0.5, 0.6) is 11.5 Å². The van der Waals surface area contributed by atoms with Crippen molar-refractivity contribution in [2.75, 3.05) is 20.3 Å². The van der Waals surface area contributed by atoms with Gasteiger partial charge in [0.1, 0.15) is 35.9 Å². The first-order chi connectivity index (χ1) is 14.5. The molecular formula is C22H28O8. The van der Waals surface area contributed by atoms with E-state index in [0.717, 1.165) is 16.7 Å². The molecule has 8 heteroatoms. The highest BCUT2D eigenvalue weighted by Crippen LogP contribution is 2.31. The Hall–Kier alpha value is -2.20. The molecule has 1 aliphatic heterocycles. The van der Waals surface area contributed by atoms with Crippen LogP contribution in [-0.2, 0) is 17.6 Å². The van der Waals surface area contributed by atoms with Crippen molar-refractivity contribution in [1.82, 2.24) is 0 Å². The summed E-state index contributed by atoms with van der Waals surface area (Å²) in [6.07, 6.45) is -5.69. The minimum absolute atomic E-state index is 0.0922. The zero-order chi connectivity index (χ0) is 21.7. The summed E-state index contributed by atoms with van der Waals surface area (Å²) in [5.74, 6) is 0.926. The summed E-state index contributed by atoms with van der Waals surface area (Å²) in [5.41, 5.74) is 2.84. The molecule has 2 aromatic carbocycles. The SMILES string of the molecule is COc1ccc(Cc2ccc(CCO)cc2)c(O[C@H]2O[C@H](CO)[C@@H](O)[C@H](O)[C@H]2O)c1. The highest BCUT2D eigenvalue weighted by molar-refractivity contribution is 5.43. The monoisotopic (exact) mass is 420 g/mol. The molecule has 0 aromatic heterocycles. The summed E-state index contributed by atoms with van der Waals surface area (Å²) < 4.78 is 16.6. The van der Waals surface area contributed by atoms with Crippen molar-refractivity contribution in [3.05, 3.63) is 59.2 Å². The Morgan fingerprint density at radius 1 is 0.900 bits per heavy atom. The lowest BCUT2D eigenvalue weighted by Gasteiger charge is -2.39. The molecule has 3 rings (SSSR count). The minimum atomic E-state index is -1.52. The van der Waals surface area contributed by atoms with E-state index in [1.54, 1.807) is 12.1 Å². The van der Waals surface area contributed by atoms with Crippen LogP contribution in [0.25, 0.3) is 0 Å². The lowest BCUT2D eigenvalue weighted by Crippen LogP contribution is -2.60. The molecule has 0 radical (unpaired) electrons. The summed E-state index contributed by atoms with van der Waals surface area (Å²) in [6, 6.07) is 13.1. The van der Waals surface area contributed by atoms with Crippen molar-refractivity contribution >= 4 is 0 Å². The molecule has 1 fully saturated rings.